The minimum Gasteiger partial charge on any atom is -0.494 e. The van der Waals surface area contributed by atoms with Crippen LogP contribution in [0.2, 0.25) is 5.02 Å². The molecule has 1 aliphatic heterocycles. The van der Waals surface area contributed by atoms with Crippen LogP contribution in [0.15, 0.2) is 48.5 Å². The van der Waals surface area contributed by atoms with Crippen molar-refractivity contribution < 1.29 is 9.53 Å². The topological polar surface area (TPSA) is 76.4 Å². The Labute approximate surface area is 186 Å². The van der Waals surface area contributed by atoms with E-state index in [9.17, 15) is 4.79 Å². The quantitative estimate of drug-likeness (QED) is 0.562. The molecule has 3 aromatic rings. The lowest BCUT2D eigenvalue weighted by atomic mass is 10.1. The van der Waals surface area contributed by atoms with Crippen molar-refractivity contribution >= 4 is 17.5 Å². The van der Waals surface area contributed by atoms with Crippen LogP contribution in [-0.4, -0.2) is 68.7 Å². The average Bonchev–Trinajstić information content (AvgIpc) is 3.25. The molecule has 162 valence electrons. The third kappa shape index (κ3) is 5.39. The van der Waals surface area contributed by atoms with Gasteiger partial charge in [0.1, 0.15) is 5.75 Å². The Morgan fingerprint density at radius 3 is 2.42 bits per heavy atom. The lowest BCUT2D eigenvalue weighted by molar-refractivity contribution is -0.132. The van der Waals surface area contributed by atoms with Crippen molar-refractivity contribution in [1.82, 2.24) is 30.0 Å². The zero-order valence-corrected chi connectivity index (χ0v) is 18.2. The summed E-state index contributed by atoms with van der Waals surface area (Å²) in [4.78, 5) is 16.8. The van der Waals surface area contributed by atoms with Crippen LogP contribution < -0.4 is 4.74 Å². The van der Waals surface area contributed by atoms with E-state index in [1.807, 2.05) is 60.4 Å². The van der Waals surface area contributed by atoms with Crippen molar-refractivity contribution in [3.8, 4) is 11.4 Å². The second-order valence-corrected chi connectivity index (χ2v) is 7.83. The lowest BCUT2D eigenvalue weighted by Crippen LogP contribution is -2.48. The molecule has 0 unspecified atom stereocenters. The highest BCUT2D eigenvalue weighted by atomic mass is 35.5. The maximum Gasteiger partial charge on any atom is 0.227 e. The van der Waals surface area contributed by atoms with E-state index in [0.29, 0.717) is 37.7 Å². The van der Waals surface area contributed by atoms with Gasteiger partial charge in [-0.25, -0.2) is 0 Å². The number of amides is 1. The van der Waals surface area contributed by atoms with Crippen molar-refractivity contribution in [2.45, 2.75) is 19.9 Å². The third-order valence-electron chi connectivity index (χ3n) is 5.29. The highest BCUT2D eigenvalue weighted by Gasteiger charge is 2.23. The number of hydrogen-bond donors (Lipinski definition) is 0. The molecule has 2 aromatic carbocycles. The number of piperazine rings is 1. The fraction of sp³-hybridized carbons (Fsp3) is 0.364. The van der Waals surface area contributed by atoms with Crippen molar-refractivity contribution in [3.05, 3.63) is 64.9 Å². The fourth-order valence-electron chi connectivity index (χ4n) is 3.60. The van der Waals surface area contributed by atoms with Gasteiger partial charge >= 0.3 is 0 Å². The van der Waals surface area contributed by atoms with Crippen molar-refractivity contribution in [1.29, 1.82) is 0 Å². The van der Waals surface area contributed by atoms with Gasteiger partial charge in [-0.2, -0.15) is 4.68 Å². The van der Waals surface area contributed by atoms with Crippen molar-refractivity contribution in [2.24, 2.45) is 0 Å². The van der Waals surface area contributed by atoms with Crippen molar-refractivity contribution in [3.63, 3.8) is 0 Å². The molecule has 1 aliphatic rings. The standard InChI is InChI=1S/C22H25ClN6O2/c1-2-31-20-9-7-19(8-10-20)29-21(24-25-26-29)16-27-11-13-28(14-12-27)22(30)15-17-3-5-18(23)6-4-17/h3-10H,2,11-16H2,1H3. The number of benzene rings is 2. The second-order valence-electron chi connectivity index (χ2n) is 7.39. The Bertz CT molecular complexity index is 998. The van der Waals surface area contributed by atoms with Crippen LogP contribution in [0.5, 0.6) is 5.75 Å². The first-order valence-corrected chi connectivity index (χ1v) is 10.7. The normalized spacial score (nSPS) is 14.6. The number of aromatic nitrogens is 4. The van der Waals surface area contributed by atoms with Crippen LogP contribution in [-0.2, 0) is 17.8 Å². The van der Waals surface area contributed by atoms with E-state index < -0.39 is 0 Å². The molecule has 2 heterocycles. The summed E-state index contributed by atoms with van der Waals surface area (Å²) in [5.41, 5.74) is 1.87. The molecule has 1 amide bonds. The van der Waals surface area contributed by atoms with Gasteiger partial charge in [-0.3, -0.25) is 9.69 Å². The van der Waals surface area contributed by atoms with Gasteiger partial charge in [0, 0.05) is 31.2 Å². The minimum atomic E-state index is 0.140. The molecule has 1 fully saturated rings. The number of halogens is 1. The van der Waals surface area contributed by atoms with E-state index in [2.05, 4.69) is 20.4 Å². The van der Waals surface area contributed by atoms with Gasteiger partial charge in [0.05, 0.1) is 25.3 Å². The summed E-state index contributed by atoms with van der Waals surface area (Å²) in [6.07, 6.45) is 0.396. The van der Waals surface area contributed by atoms with E-state index in [1.54, 1.807) is 4.68 Å². The molecule has 0 aliphatic carbocycles. The summed E-state index contributed by atoms with van der Waals surface area (Å²) >= 11 is 5.92. The predicted molar refractivity (Wildman–Crippen MR) is 117 cm³/mol. The molecule has 1 aromatic heterocycles. The molecule has 8 nitrogen and oxygen atoms in total. The van der Waals surface area contributed by atoms with Crippen LogP contribution in [0, 0.1) is 0 Å². The molecule has 4 rings (SSSR count). The summed E-state index contributed by atoms with van der Waals surface area (Å²) in [7, 11) is 0. The highest BCUT2D eigenvalue weighted by molar-refractivity contribution is 6.30. The number of hydrogen-bond acceptors (Lipinski definition) is 6. The first-order chi connectivity index (χ1) is 15.1. The largest absolute Gasteiger partial charge is 0.494 e. The molecule has 0 spiro atoms. The number of rotatable bonds is 7. The Morgan fingerprint density at radius 1 is 1.03 bits per heavy atom. The Hall–Kier alpha value is -2.97. The highest BCUT2D eigenvalue weighted by Crippen LogP contribution is 2.17. The monoisotopic (exact) mass is 440 g/mol. The van der Waals surface area contributed by atoms with Gasteiger partial charge in [0.25, 0.3) is 0 Å². The maximum atomic E-state index is 12.6. The predicted octanol–water partition coefficient (Wildman–Crippen LogP) is 2.60. The van der Waals surface area contributed by atoms with Gasteiger partial charge in [0.15, 0.2) is 5.82 Å². The van der Waals surface area contributed by atoms with E-state index in [1.165, 1.54) is 0 Å². The summed E-state index contributed by atoms with van der Waals surface area (Å²) in [5, 5.41) is 12.9. The van der Waals surface area contributed by atoms with E-state index in [0.717, 1.165) is 35.9 Å². The zero-order chi connectivity index (χ0) is 21.6. The number of nitrogens with zero attached hydrogens (tertiary/aromatic N) is 6. The molecule has 9 heteroatoms. The first-order valence-electron chi connectivity index (χ1n) is 10.4. The number of carbonyl (C=O) groups is 1. The number of tetrazole rings is 1. The van der Waals surface area contributed by atoms with Crippen molar-refractivity contribution in [2.75, 3.05) is 32.8 Å². The Balaban J connectivity index is 1.32. The molecule has 0 saturated carbocycles. The van der Waals surface area contributed by atoms with Gasteiger partial charge in [-0.1, -0.05) is 23.7 Å². The van der Waals surface area contributed by atoms with Gasteiger partial charge < -0.3 is 9.64 Å². The van der Waals surface area contributed by atoms with E-state index >= 15 is 0 Å². The SMILES string of the molecule is CCOc1ccc(-n2nnnc2CN2CCN(C(=O)Cc3ccc(Cl)cc3)CC2)cc1. The fourth-order valence-corrected chi connectivity index (χ4v) is 3.73. The first kappa shape index (κ1) is 21.3. The zero-order valence-electron chi connectivity index (χ0n) is 17.4. The summed E-state index contributed by atoms with van der Waals surface area (Å²) in [6, 6.07) is 15.1. The second kappa shape index (κ2) is 9.89. The molecule has 0 N–H and O–H groups in total. The minimum absolute atomic E-state index is 0.140. The summed E-state index contributed by atoms with van der Waals surface area (Å²) in [6.45, 7) is 6.15. The third-order valence-corrected chi connectivity index (χ3v) is 5.54. The molecular formula is C22H25ClN6O2. The van der Waals surface area contributed by atoms with Gasteiger partial charge in [-0.05, 0) is 59.3 Å². The maximum absolute atomic E-state index is 12.6. The van der Waals surface area contributed by atoms with Crippen LogP contribution in [0.25, 0.3) is 5.69 Å². The molecule has 31 heavy (non-hydrogen) atoms. The Morgan fingerprint density at radius 2 is 1.74 bits per heavy atom. The van der Waals surface area contributed by atoms with Crippen LogP contribution in [0.1, 0.15) is 18.3 Å². The van der Waals surface area contributed by atoms with Gasteiger partial charge in [-0.15, -0.1) is 5.10 Å². The number of ether oxygens (including phenoxy) is 1. The molecular weight excluding hydrogens is 416 g/mol. The average molecular weight is 441 g/mol. The van der Waals surface area contributed by atoms with E-state index in [4.69, 9.17) is 16.3 Å². The number of carbonyl (C=O) groups excluding carboxylic acids is 1. The summed E-state index contributed by atoms with van der Waals surface area (Å²) in [5.74, 6) is 1.73. The summed E-state index contributed by atoms with van der Waals surface area (Å²) < 4.78 is 7.24. The Kier molecular flexibility index (Phi) is 6.79. The molecule has 0 bridgehead atoms. The smallest absolute Gasteiger partial charge is 0.227 e. The molecule has 0 atom stereocenters. The lowest BCUT2D eigenvalue weighted by Gasteiger charge is -2.34. The van der Waals surface area contributed by atoms with Crippen LogP contribution in [0.4, 0.5) is 0 Å². The van der Waals surface area contributed by atoms with Crippen LogP contribution >= 0.6 is 11.6 Å². The molecule has 0 radical (unpaired) electrons. The molecule has 1 saturated heterocycles. The van der Waals surface area contributed by atoms with E-state index in [-0.39, 0.29) is 5.91 Å². The van der Waals surface area contributed by atoms with Crippen LogP contribution in [0.3, 0.4) is 0 Å². The van der Waals surface area contributed by atoms with Gasteiger partial charge in [0.2, 0.25) is 5.91 Å².